The molecule has 0 saturated carbocycles. The maximum absolute atomic E-state index is 12.1. The smallest absolute Gasteiger partial charge is 0.341 e. The fourth-order valence-electron chi connectivity index (χ4n) is 3.57. The molecule has 0 heterocycles. The van der Waals surface area contributed by atoms with Crippen LogP contribution >= 0.6 is 33.2 Å². The number of hydrogen-bond donors (Lipinski definition) is 2. The van der Waals surface area contributed by atoms with Gasteiger partial charge in [-0.1, -0.05) is 76.8 Å². The van der Waals surface area contributed by atoms with E-state index in [1.165, 1.54) is 32.1 Å². The Labute approximate surface area is 214 Å². The maximum atomic E-state index is 12.1. The van der Waals surface area contributed by atoms with Crippen LogP contribution in [0.4, 0.5) is 5.69 Å². The highest BCUT2D eigenvalue weighted by Gasteiger charge is 2.23. The van der Waals surface area contributed by atoms with Crippen LogP contribution < -0.4 is 5.32 Å². The molecule has 1 aromatic rings. The van der Waals surface area contributed by atoms with Crippen molar-refractivity contribution in [3.8, 4) is 0 Å². The first-order chi connectivity index (χ1) is 15.7. The van der Waals surface area contributed by atoms with Gasteiger partial charge in [-0.3, -0.25) is 4.79 Å². The number of carboxylic acids is 1. The van der Waals surface area contributed by atoms with Crippen LogP contribution in [-0.2, 0) is 9.59 Å². The number of nitrogens with one attached hydrogen (secondary N) is 1. The molecule has 0 aliphatic carbocycles. The second-order valence-electron chi connectivity index (χ2n) is 8.55. The summed E-state index contributed by atoms with van der Waals surface area (Å²) in [6.45, 7) is 2.21. The molecular formula is C25H38Cl3NO3Si. The predicted molar refractivity (Wildman–Crippen MR) is 144 cm³/mol. The number of carboxylic acid groups (broad SMARTS) is 1. The molecule has 4 nitrogen and oxygen atoms in total. The lowest BCUT2D eigenvalue weighted by molar-refractivity contribution is -0.132. The van der Waals surface area contributed by atoms with Crippen LogP contribution in [0.3, 0.4) is 0 Å². The van der Waals surface area contributed by atoms with Crippen molar-refractivity contribution < 1.29 is 14.7 Å². The van der Waals surface area contributed by atoms with Crippen molar-refractivity contribution in [1.29, 1.82) is 0 Å². The molecule has 0 bridgehead atoms. The van der Waals surface area contributed by atoms with Crippen LogP contribution in [0.15, 0.2) is 29.8 Å². The maximum Gasteiger partial charge on any atom is 0.341 e. The van der Waals surface area contributed by atoms with E-state index < -0.39 is 12.0 Å². The van der Waals surface area contributed by atoms with E-state index in [0.717, 1.165) is 49.8 Å². The topological polar surface area (TPSA) is 66.4 Å². The number of carbonyl (C=O) groups excluding carboxylic acids is 1. The predicted octanol–water partition coefficient (Wildman–Crippen LogP) is 8.84. The Morgan fingerprint density at radius 3 is 1.97 bits per heavy atom. The average Bonchev–Trinajstić information content (AvgIpc) is 2.75. The van der Waals surface area contributed by atoms with E-state index in [-0.39, 0.29) is 5.91 Å². The highest BCUT2D eigenvalue weighted by molar-refractivity contribution is 7.64. The minimum absolute atomic E-state index is 0.0236. The Balaban J connectivity index is 2.39. The zero-order valence-electron chi connectivity index (χ0n) is 19.7. The van der Waals surface area contributed by atoms with Gasteiger partial charge in [0.05, 0.1) is 0 Å². The number of hydrogen-bond acceptors (Lipinski definition) is 2. The second kappa shape index (κ2) is 17.4. The summed E-state index contributed by atoms with van der Waals surface area (Å²) < 4.78 is 0. The summed E-state index contributed by atoms with van der Waals surface area (Å²) >= 11 is 17.6. The Bertz CT molecular complexity index is 733. The number of halogens is 3. The number of anilines is 1. The van der Waals surface area contributed by atoms with Crippen molar-refractivity contribution in [2.75, 3.05) is 5.32 Å². The molecule has 0 unspecified atom stereocenters. The summed E-state index contributed by atoms with van der Waals surface area (Å²) in [5.74, 6) is -0.883. The van der Waals surface area contributed by atoms with Gasteiger partial charge in [0, 0.05) is 17.7 Å². The summed E-state index contributed by atoms with van der Waals surface area (Å²) in [4.78, 5) is 23.7. The highest BCUT2D eigenvalue weighted by Crippen LogP contribution is 2.28. The quantitative estimate of drug-likeness (QED) is 0.0855. The van der Waals surface area contributed by atoms with E-state index in [9.17, 15) is 14.7 Å². The van der Waals surface area contributed by atoms with Gasteiger partial charge < -0.3 is 10.4 Å². The molecule has 0 aliphatic rings. The van der Waals surface area contributed by atoms with Gasteiger partial charge in [0.15, 0.2) is 0 Å². The molecule has 33 heavy (non-hydrogen) atoms. The van der Waals surface area contributed by atoms with Crippen LogP contribution in [0.25, 0.3) is 6.08 Å². The van der Waals surface area contributed by atoms with E-state index >= 15 is 0 Å². The SMILES string of the molecule is CCCCCCCCCC(=O)Nc1ccc(/C=C(\CCCCCC[Si](Cl)(Cl)Cl)C(=O)O)cc1. The van der Waals surface area contributed by atoms with Crippen molar-refractivity contribution in [3.05, 3.63) is 35.4 Å². The van der Waals surface area contributed by atoms with Gasteiger partial charge in [-0.15, -0.1) is 33.2 Å². The van der Waals surface area contributed by atoms with Crippen LogP contribution in [0.5, 0.6) is 0 Å². The van der Waals surface area contributed by atoms with Crippen LogP contribution in [-0.4, -0.2) is 23.0 Å². The summed E-state index contributed by atoms with van der Waals surface area (Å²) in [6, 6.07) is 5.38. The largest absolute Gasteiger partial charge is 0.478 e. The fourth-order valence-corrected chi connectivity index (χ4v) is 5.42. The number of rotatable bonds is 18. The fraction of sp³-hybridized carbons (Fsp3) is 0.600. The third kappa shape index (κ3) is 16.3. The normalized spacial score (nSPS) is 12.1. The molecule has 0 aliphatic heterocycles. The molecule has 0 aromatic heterocycles. The summed E-state index contributed by atoms with van der Waals surface area (Å²) in [5, 5.41) is 12.4. The van der Waals surface area contributed by atoms with E-state index in [1.807, 2.05) is 24.3 Å². The Morgan fingerprint density at radius 2 is 1.39 bits per heavy atom. The van der Waals surface area contributed by atoms with Gasteiger partial charge in [0.25, 0.3) is 0 Å². The van der Waals surface area contributed by atoms with E-state index in [2.05, 4.69) is 12.2 Å². The summed E-state index contributed by atoms with van der Waals surface area (Å²) in [7, 11) is 0. The van der Waals surface area contributed by atoms with Gasteiger partial charge in [0.2, 0.25) is 5.91 Å². The Kier molecular flexibility index (Phi) is 15.9. The molecule has 0 saturated heterocycles. The molecule has 1 aromatic carbocycles. The second-order valence-corrected chi connectivity index (χ2v) is 17.8. The van der Waals surface area contributed by atoms with Gasteiger partial charge in [-0.2, -0.15) is 0 Å². The van der Waals surface area contributed by atoms with Gasteiger partial charge in [-0.05, 0) is 49.1 Å². The highest BCUT2D eigenvalue weighted by atomic mass is 35.8. The average molecular weight is 535 g/mol. The van der Waals surface area contributed by atoms with Crippen LogP contribution in [0.1, 0.15) is 96.0 Å². The summed E-state index contributed by atoms with van der Waals surface area (Å²) in [5.41, 5.74) is 1.91. The van der Waals surface area contributed by atoms with Crippen molar-refractivity contribution in [1.82, 2.24) is 0 Å². The Morgan fingerprint density at radius 1 is 0.848 bits per heavy atom. The number of amides is 1. The van der Waals surface area contributed by atoms with Crippen molar-refractivity contribution in [3.63, 3.8) is 0 Å². The molecule has 0 radical (unpaired) electrons. The molecular weight excluding hydrogens is 497 g/mol. The molecule has 8 heteroatoms. The number of unbranched alkanes of at least 4 members (excludes halogenated alkanes) is 9. The lowest BCUT2D eigenvalue weighted by Gasteiger charge is -2.08. The number of benzene rings is 1. The molecule has 2 N–H and O–H groups in total. The molecule has 186 valence electrons. The Hall–Kier alpha value is -1.01. The molecule has 1 rings (SSSR count). The number of carbonyl (C=O) groups is 2. The van der Waals surface area contributed by atoms with Crippen LogP contribution in [0.2, 0.25) is 6.04 Å². The zero-order chi connectivity index (χ0) is 24.5. The first kappa shape index (κ1) is 30.0. The van der Waals surface area contributed by atoms with Gasteiger partial charge in [-0.25, -0.2) is 4.79 Å². The van der Waals surface area contributed by atoms with E-state index in [0.29, 0.717) is 24.5 Å². The van der Waals surface area contributed by atoms with Crippen molar-refractivity contribution >= 4 is 62.9 Å². The van der Waals surface area contributed by atoms with Crippen LogP contribution in [0, 0.1) is 0 Å². The third-order valence-corrected chi connectivity index (χ3v) is 8.10. The van der Waals surface area contributed by atoms with Crippen molar-refractivity contribution in [2.45, 2.75) is 96.4 Å². The number of aliphatic carboxylic acids is 1. The lowest BCUT2D eigenvalue weighted by atomic mass is 10.0. The van der Waals surface area contributed by atoms with E-state index in [1.54, 1.807) is 6.08 Å². The minimum atomic E-state index is -2.55. The molecule has 1 amide bonds. The monoisotopic (exact) mass is 533 g/mol. The molecule has 0 fully saturated rings. The lowest BCUT2D eigenvalue weighted by Crippen LogP contribution is -2.10. The molecule has 0 spiro atoms. The van der Waals surface area contributed by atoms with Crippen molar-refractivity contribution in [2.24, 2.45) is 0 Å². The van der Waals surface area contributed by atoms with E-state index in [4.69, 9.17) is 33.2 Å². The molecule has 0 atom stereocenters. The minimum Gasteiger partial charge on any atom is -0.478 e. The van der Waals surface area contributed by atoms with Gasteiger partial charge in [0.1, 0.15) is 0 Å². The van der Waals surface area contributed by atoms with Gasteiger partial charge >= 0.3 is 12.0 Å². The summed E-state index contributed by atoms with van der Waals surface area (Å²) in [6.07, 6.45) is 14.5. The third-order valence-electron chi connectivity index (χ3n) is 5.47. The first-order valence-corrected chi connectivity index (χ1v) is 17.4. The standard InChI is InChI=1S/C25H38Cl3NO3Si/c1-2-3-4-5-6-7-11-14-24(30)29-23-17-15-21(16-18-23)20-22(25(31)32)13-10-8-9-12-19-33(26,27)28/h15-18,20H,2-14,19H2,1H3,(H,29,30)(H,31,32)/b22-20+. The first-order valence-electron chi connectivity index (χ1n) is 12.1. The zero-order valence-corrected chi connectivity index (χ0v) is 23.0.